The number of rotatable bonds is 12. The van der Waals surface area contributed by atoms with Gasteiger partial charge in [-0.15, -0.1) is 12.4 Å². The summed E-state index contributed by atoms with van der Waals surface area (Å²) >= 11 is 0. The van der Waals surface area contributed by atoms with Crippen molar-refractivity contribution in [2.75, 3.05) is 10.6 Å². The van der Waals surface area contributed by atoms with Crippen molar-refractivity contribution in [3.8, 4) is 0 Å². The van der Waals surface area contributed by atoms with Gasteiger partial charge in [0, 0.05) is 23.5 Å². The van der Waals surface area contributed by atoms with Gasteiger partial charge in [-0.2, -0.15) is 0 Å². The van der Waals surface area contributed by atoms with Crippen LogP contribution in [0, 0.1) is 11.8 Å². The summed E-state index contributed by atoms with van der Waals surface area (Å²) < 4.78 is 0. The lowest BCUT2D eigenvalue weighted by Gasteiger charge is -2.23. The topological polar surface area (TPSA) is 24.1 Å². The monoisotopic (exact) mass is 368 g/mol. The highest BCUT2D eigenvalue weighted by atomic mass is 35.5. The minimum Gasteiger partial charge on any atom is -0.382 e. The van der Waals surface area contributed by atoms with Crippen molar-refractivity contribution >= 4 is 23.8 Å². The Balaban J connectivity index is 0.00000576. The van der Waals surface area contributed by atoms with E-state index in [1.54, 1.807) is 0 Å². The maximum atomic E-state index is 3.70. The lowest BCUT2D eigenvalue weighted by atomic mass is 9.97. The molecule has 2 N–H and O–H groups in total. The van der Waals surface area contributed by atoms with Crippen molar-refractivity contribution in [2.24, 2.45) is 11.8 Å². The second-order valence-electron chi connectivity index (χ2n) is 7.57. The summed E-state index contributed by atoms with van der Waals surface area (Å²) in [4.78, 5) is 0. The molecule has 0 saturated heterocycles. The number of benzene rings is 1. The molecule has 0 aliphatic carbocycles. The molecule has 146 valence electrons. The van der Waals surface area contributed by atoms with E-state index >= 15 is 0 Å². The summed E-state index contributed by atoms with van der Waals surface area (Å²) in [5, 5.41) is 7.40. The Kier molecular flexibility index (Phi) is 12.9. The molecule has 4 unspecified atom stereocenters. The first-order valence-corrected chi connectivity index (χ1v) is 10.1. The first-order chi connectivity index (χ1) is 11.5. The standard InChI is InChI=1S/C22H40N2.ClH/c1-7-17(5)15-19(9-3)23-21-11-13-22(14-12-21)24-20(10-4)16-18(6)8-2;/h11-14,17-20,23-24H,7-10,15-16H2,1-6H3;1H. The summed E-state index contributed by atoms with van der Waals surface area (Å²) in [6, 6.07) is 10.0. The van der Waals surface area contributed by atoms with E-state index in [1.807, 2.05) is 0 Å². The second-order valence-corrected chi connectivity index (χ2v) is 7.57. The molecule has 0 aromatic heterocycles. The number of halogens is 1. The van der Waals surface area contributed by atoms with Crippen LogP contribution in [-0.4, -0.2) is 12.1 Å². The van der Waals surface area contributed by atoms with E-state index in [-0.39, 0.29) is 12.4 Å². The van der Waals surface area contributed by atoms with E-state index in [0.29, 0.717) is 12.1 Å². The van der Waals surface area contributed by atoms with Gasteiger partial charge in [0.25, 0.3) is 0 Å². The normalized spacial score (nSPS) is 15.6. The van der Waals surface area contributed by atoms with Crippen LogP contribution in [0.3, 0.4) is 0 Å². The molecule has 1 aromatic rings. The lowest BCUT2D eigenvalue weighted by Crippen LogP contribution is -2.22. The number of nitrogens with one attached hydrogen (secondary N) is 2. The predicted octanol–water partition coefficient (Wildman–Crippen LogP) is 7.36. The largest absolute Gasteiger partial charge is 0.382 e. The predicted molar refractivity (Wildman–Crippen MR) is 117 cm³/mol. The molecule has 4 atom stereocenters. The highest BCUT2D eigenvalue weighted by molar-refractivity contribution is 5.85. The van der Waals surface area contributed by atoms with Crippen molar-refractivity contribution < 1.29 is 0 Å². The van der Waals surface area contributed by atoms with Crippen molar-refractivity contribution in [3.05, 3.63) is 24.3 Å². The quantitative estimate of drug-likeness (QED) is 0.402. The molecule has 1 aromatic carbocycles. The maximum Gasteiger partial charge on any atom is 0.0343 e. The third kappa shape index (κ3) is 9.39. The minimum absolute atomic E-state index is 0. The molecule has 2 nitrogen and oxygen atoms in total. The first kappa shape index (κ1) is 24.1. The first-order valence-electron chi connectivity index (χ1n) is 10.1. The Morgan fingerprint density at radius 2 is 0.960 bits per heavy atom. The van der Waals surface area contributed by atoms with Crippen molar-refractivity contribution in [1.29, 1.82) is 0 Å². The van der Waals surface area contributed by atoms with Crippen molar-refractivity contribution in [1.82, 2.24) is 0 Å². The average molecular weight is 369 g/mol. The Hall–Kier alpha value is -0.890. The lowest BCUT2D eigenvalue weighted by molar-refractivity contribution is 0.461. The second kappa shape index (κ2) is 13.3. The maximum absolute atomic E-state index is 3.70. The third-order valence-electron chi connectivity index (χ3n) is 5.38. The molecule has 25 heavy (non-hydrogen) atoms. The molecule has 0 amide bonds. The molecule has 0 bridgehead atoms. The van der Waals surface area contributed by atoms with Gasteiger partial charge >= 0.3 is 0 Å². The van der Waals surface area contributed by atoms with Crippen LogP contribution in [0.15, 0.2) is 24.3 Å². The van der Waals surface area contributed by atoms with E-state index in [0.717, 1.165) is 11.8 Å². The van der Waals surface area contributed by atoms with E-state index in [4.69, 9.17) is 0 Å². The minimum atomic E-state index is 0. The van der Waals surface area contributed by atoms with E-state index in [1.165, 1.54) is 49.9 Å². The van der Waals surface area contributed by atoms with Crippen LogP contribution in [0.5, 0.6) is 0 Å². The van der Waals surface area contributed by atoms with Gasteiger partial charge in [0.1, 0.15) is 0 Å². The summed E-state index contributed by atoms with van der Waals surface area (Å²) in [5.41, 5.74) is 2.48. The average Bonchev–Trinajstić information content (AvgIpc) is 2.61. The van der Waals surface area contributed by atoms with Crippen molar-refractivity contribution in [2.45, 2.75) is 92.2 Å². The fourth-order valence-electron chi connectivity index (χ4n) is 3.09. The van der Waals surface area contributed by atoms with Gasteiger partial charge in [-0.3, -0.25) is 0 Å². The summed E-state index contributed by atoms with van der Waals surface area (Å²) in [5.74, 6) is 1.57. The Morgan fingerprint density at radius 1 is 0.640 bits per heavy atom. The van der Waals surface area contributed by atoms with Crippen LogP contribution >= 0.6 is 12.4 Å². The van der Waals surface area contributed by atoms with Crippen molar-refractivity contribution in [3.63, 3.8) is 0 Å². The number of hydrogen-bond acceptors (Lipinski definition) is 2. The molecular weight excluding hydrogens is 328 g/mol. The fourth-order valence-corrected chi connectivity index (χ4v) is 3.09. The van der Waals surface area contributed by atoms with Crippen LogP contribution in [0.1, 0.15) is 80.1 Å². The zero-order valence-corrected chi connectivity index (χ0v) is 18.1. The molecule has 0 aliphatic heterocycles. The van der Waals surface area contributed by atoms with Crippen LogP contribution in [0.4, 0.5) is 11.4 Å². The molecule has 1 rings (SSSR count). The summed E-state index contributed by atoms with van der Waals surface area (Å²) in [6.07, 6.45) is 7.37. The zero-order valence-electron chi connectivity index (χ0n) is 17.3. The molecule has 3 heteroatoms. The van der Waals surface area contributed by atoms with Gasteiger partial charge < -0.3 is 10.6 Å². The molecule has 0 spiro atoms. The van der Waals surface area contributed by atoms with Crippen LogP contribution in [0.2, 0.25) is 0 Å². The molecule has 0 radical (unpaired) electrons. The highest BCUT2D eigenvalue weighted by Crippen LogP contribution is 2.21. The smallest absolute Gasteiger partial charge is 0.0343 e. The van der Waals surface area contributed by atoms with E-state index in [2.05, 4.69) is 76.4 Å². The number of anilines is 2. The van der Waals surface area contributed by atoms with Gasteiger partial charge in [-0.05, 0) is 61.8 Å². The van der Waals surface area contributed by atoms with E-state index in [9.17, 15) is 0 Å². The third-order valence-corrected chi connectivity index (χ3v) is 5.38. The SMILES string of the molecule is CCC(C)CC(CC)Nc1ccc(NC(CC)CC(C)CC)cc1.Cl. The van der Waals surface area contributed by atoms with Gasteiger partial charge in [0.2, 0.25) is 0 Å². The Morgan fingerprint density at radius 3 is 1.20 bits per heavy atom. The van der Waals surface area contributed by atoms with Gasteiger partial charge in [-0.1, -0.05) is 54.4 Å². The van der Waals surface area contributed by atoms with E-state index < -0.39 is 0 Å². The summed E-state index contributed by atoms with van der Waals surface area (Å²) in [7, 11) is 0. The van der Waals surface area contributed by atoms with Crippen LogP contribution in [-0.2, 0) is 0 Å². The molecular formula is C22H41ClN2. The Bertz CT molecular complexity index is 391. The molecule has 0 saturated carbocycles. The van der Waals surface area contributed by atoms with Gasteiger partial charge in [0.05, 0.1) is 0 Å². The zero-order chi connectivity index (χ0) is 17.9. The van der Waals surface area contributed by atoms with Crippen LogP contribution < -0.4 is 10.6 Å². The highest BCUT2D eigenvalue weighted by Gasteiger charge is 2.12. The van der Waals surface area contributed by atoms with Gasteiger partial charge in [0.15, 0.2) is 0 Å². The Labute approximate surface area is 163 Å². The number of hydrogen-bond donors (Lipinski definition) is 2. The fraction of sp³-hybridized carbons (Fsp3) is 0.727. The van der Waals surface area contributed by atoms with Gasteiger partial charge in [-0.25, -0.2) is 0 Å². The molecule has 0 aliphatic rings. The molecule has 0 fully saturated rings. The summed E-state index contributed by atoms with van der Waals surface area (Å²) in [6.45, 7) is 13.8. The van der Waals surface area contributed by atoms with Crippen LogP contribution in [0.25, 0.3) is 0 Å². The molecule has 0 heterocycles.